The Morgan fingerprint density at radius 1 is 1.23 bits per heavy atom. The van der Waals surface area contributed by atoms with E-state index >= 15 is 0 Å². The number of nitrogens with one attached hydrogen (secondary N) is 2. The van der Waals surface area contributed by atoms with Crippen molar-refractivity contribution in [2.75, 3.05) is 13.7 Å². The molecule has 0 aliphatic heterocycles. The molecule has 0 radical (unpaired) electrons. The van der Waals surface area contributed by atoms with Gasteiger partial charge < -0.3 is 24.8 Å². The Bertz CT molecular complexity index is 585. The normalized spacial score (nSPS) is 21.1. The van der Waals surface area contributed by atoms with Crippen molar-refractivity contribution in [2.24, 2.45) is 0 Å². The summed E-state index contributed by atoms with van der Waals surface area (Å²) < 4.78 is 16.5. The fraction of sp³-hybridized carbons (Fsp3) is 0.650. The van der Waals surface area contributed by atoms with Crippen molar-refractivity contribution in [3.8, 4) is 11.5 Å². The fourth-order valence-electron chi connectivity index (χ4n) is 3.10. The van der Waals surface area contributed by atoms with Crippen LogP contribution in [0.3, 0.4) is 0 Å². The molecule has 2 rings (SSSR count). The van der Waals surface area contributed by atoms with Crippen molar-refractivity contribution in [2.45, 2.75) is 70.7 Å². The molecule has 26 heavy (non-hydrogen) atoms. The van der Waals surface area contributed by atoms with Gasteiger partial charge in [-0.25, -0.2) is 4.79 Å². The number of alkyl carbamates (subject to hydrolysis) is 1. The van der Waals surface area contributed by atoms with E-state index in [1.165, 1.54) is 0 Å². The molecule has 1 aromatic rings. The van der Waals surface area contributed by atoms with Crippen LogP contribution in [0.1, 0.15) is 47.0 Å². The predicted octanol–water partition coefficient (Wildman–Crippen LogP) is 3.50. The van der Waals surface area contributed by atoms with Gasteiger partial charge in [0.2, 0.25) is 0 Å². The lowest BCUT2D eigenvalue weighted by molar-refractivity contribution is 0.0497. The number of carbonyl (C=O) groups excluding carboxylic acids is 1. The van der Waals surface area contributed by atoms with Gasteiger partial charge in [-0.3, -0.25) is 0 Å². The van der Waals surface area contributed by atoms with E-state index in [9.17, 15) is 4.79 Å². The molecule has 3 atom stereocenters. The van der Waals surface area contributed by atoms with Gasteiger partial charge in [0.25, 0.3) is 0 Å². The van der Waals surface area contributed by atoms with Crippen LogP contribution in [-0.2, 0) is 4.74 Å². The Morgan fingerprint density at radius 2 is 1.92 bits per heavy atom. The molecule has 0 unspecified atom stereocenters. The van der Waals surface area contributed by atoms with Crippen molar-refractivity contribution in [1.82, 2.24) is 10.6 Å². The van der Waals surface area contributed by atoms with E-state index < -0.39 is 5.60 Å². The molecule has 6 nitrogen and oxygen atoms in total. The summed E-state index contributed by atoms with van der Waals surface area (Å²) >= 11 is 0. The zero-order valence-electron chi connectivity index (χ0n) is 16.5. The maximum absolute atomic E-state index is 12.0. The second kappa shape index (κ2) is 9.12. The molecule has 0 saturated heterocycles. The van der Waals surface area contributed by atoms with Gasteiger partial charge in [0, 0.05) is 24.7 Å². The van der Waals surface area contributed by atoms with E-state index in [1.54, 1.807) is 7.11 Å². The lowest BCUT2D eigenvalue weighted by Crippen LogP contribution is -2.49. The van der Waals surface area contributed by atoms with Crippen molar-refractivity contribution in [1.29, 1.82) is 0 Å². The third-order valence-corrected chi connectivity index (χ3v) is 4.26. The number of rotatable bonds is 7. The predicted molar refractivity (Wildman–Crippen MR) is 102 cm³/mol. The van der Waals surface area contributed by atoms with Gasteiger partial charge in [-0.15, -0.1) is 0 Å². The molecule has 1 saturated carbocycles. The van der Waals surface area contributed by atoms with Gasteiger partial charge >= 0.3 is 6.09 Å². The first-order valence-electron chi connectivity index (χ1n) is 9.30. The largest absolute Gasteiger partial charge is 0.497 e. The minimum absolute atomic E-state index is 0.00452. The Kier molecular flexibility index (Phi) is 7.14. The van der Waals surface area contributed by atoms with E-state index in [-0.39, 0.29) is 24.3 Å². The van der Waals surface area contributed by atoms with Gasteiger partial charge in [-0.1, -0.05) is 6.07 Å². The first kappa shape index (κ1) is 20.4. The Balaban J connectivity index is 1.78. The number of carbonyl (C=O) groups is 1. The summed E-state index contributed by atoms with van der Waals surface area (Å²) in [4.78, 5) is 12.0. The minimum atomic E-state index is -0.481. The van der Waals surface area contributed by atoms with Crippen LogP contribution >= 0.6 is 0 Å². The smallest absolute Gasteiger partial charge is 0.407 e. The summed E-state index contributed by atoms with van der Waals surface area (Å²) in [6.45, 7) is 8.34. The molecule has 1 fully saturated rings. The number of benzene rings is 1. The molecule has 0 bridgehead atoms. The average molecular weight is 364 g/mol. The van der Waals surface area contributed by atoms with Crippen molar-refractivity contribution >= 4 is 6.09 Å². The molecule has 0 aromatic heterocycles. The topological polar surface area (TPSA) is 68.8 Å². The summed E-state index contributed by atoms with van der Waals surface area (Å²) in [5.41, 5.74) is -0.481. The Hall–Kier alpha value is -1.95. The van der Waals surface area contributed by atoms with Gasteiger partial charge in [0.15, 0.2) is 0 Å². The molecular weight excluding hydrogens is 332 g/mol. The summed E-state index contributed by atoms with van der Waals surface area (Å²) in [6, 6.07) is 7.92. The highest BCUT2D eigenvalue weighted by Gasteiger charge is 2.30. The molecule has 2 N–H and O–H groups in total. The highest BCUT2D eigenvalue weighted by molar-refractivity contribution is 5.68. The lowest BCUT2D eigenvalue weighted by atomic mass is 10.1. The van der Waals surface area contributed by atoms with Crippen LogP contribution in [0, 0.1) is 0 Å². The minimum Gasteiger partial charge on any atom is -0.497 e. The molecular formula is C20H32N2O4. The van der Waals surface area contributed by atoms with Crippen LogP contribution in [0.2, 0.25) is 0 Å². The number of methoxy groups -OCH3 is 1. The quantitative estimate of drug-likeness (QED) is 0.775. The van der Waals surface area contributed by atoms with Gasteiger partial charge in [-0.2, -0.15) is 0 Å². The Labute approximate surface area is 156 Å². The summed E-state index contributed by atoms with van der Waals surface area (Å²) in [6.07, 6.45) is 2.74. The fourth-order valence-corrected chi connectivity index (χ4v) is 3.10. The van der Waals surface area contributed by atoms with Gasteiger partial charge in [-0.05, 0) is 59.1 Å². The monoisotopic (exact) mass is 364 g/mol. The van der Waals surface area contributed by atoms with E-state index in [0.29, 0.717) is 6.54 Å². The van der Waals surface area contributed by atoms with E-state index in [1.807, 2.05) is 52.0 Å². The third-order valence-electron chi connectivity index (χ3n) is 4.26. The van der Waals surface area contributed by atoms with Crippen LogP contribution in [0.5, 0.6) is 11.5 Å². The lowest BCUT2D eigenvalue weighted by Gasteiger charge is -2.26. The van der Waals surface area contributed by atoms with Crippen LogP contribution < -0.4 is 20.1 Å². The first-order valence-corrected chi connectivity index (χ1v) is 9.30. The van der Waals surface area contributed by atoms with Crippen LogP contribution in [0.4, 0.5) is 4.79 Å². The highest BCUT2D eigenvalue weighted by atomic mass is 16.6. The van der Waals surface area contributed by atoms with Gasteiger partial charge in [0.05, 0.1) is 7.11 Å². The van der Waals surface area contributed by atoms with Crippen LogP contribution in [0.15, 0.2) is 24.3 Å². The number of hydrogen-bond donors (Lipinski definition) is 2. The molecule has 1 amide bonds. The molecule has 1 aromatic carbocycles. The third kappa shape index (κ3) is 6.75. The zero-order chi connectivity index (χ0) is 19.2. The van der Waals surface area contributed by atoms with Crippen LogP contribution in [-0.4, -0.2) is 43.5 Å². The second-order valence-corrected chi connectivity index (χ2v) is 7.81. The van der Waals surface area contributed by atoms with Crippen molar-refractivity contribution in [3.05, 3.63) is 24.3 Å². The summed E-state index contributed by atoms with van der Waals surface area (Å²) in [5, 5.41) is 6.51. The van der Waals surface area contributed by atoms with Crippen LogP contribution in [0.25, 0.3) is 0 Å². The van der Waals surface area contributed by atoms with Gasteiger partial charge in [0.1, 0.15) is 23.2 Å². The van der Waals surface area contributed by atoms with E-state index in [4.69, 9.17) is 14.2 Å². The average Bonchev–Trinajstić information content (AvgIpc) is 2.98. The van der Waals surface area contributed by atoms with Crippen molar-refractivity contribution in [3.63, 3.8) is 0 Å². The molecule has 1 aliphatic carbocycles. The molecule has 0 heterocycles. The maximum Gasteiger partial charge on any atom is 0.407 e. The second-order valence-electron chi connectivity index (χ2n) is 7.81. The summed E-state index contributed by atoms with van der Waals surface area (Å²) in [7, 11) is 1.64. The highest BCUT2D eigenvalue weighted by Crippen LogP contribution is 2.22. The molecule has 146 valence electrons. The van der Waals surface area contributed by atoms with E-state index in [0.717, 1.165) is 30.8 Å². The number of hydrogen-bond acceptors (Lipinski definition) is 5. The van der Waals surface area contributed by atoms with E-state index in [2.05, 4.69) is 10.6 Å². The molecule has 1 aliphatic rings. The summed E-state index contributed by atoms with van der Waals surface area (Å²) in [5.74, 6) is 1.56. The maximum atomic E-state index is 12.0. The standard InChI is InChI=1S/C20H32N2O4/c1-14(25-16-9-6-8-15(12-16)24-5)13-21-17-10-7-11-18(17)22-19(23)26-20(2,3)4/h6,8-9,12,14,17-18,21H,7,10-11,13H2,1-5H3,(H,22,23)/t14-,17+,18-/m1/s1. The zero-order valence-corrected chi connectivity index (χ0v) is 16.5. The SMILES string of the molecule is COc1cccc(O[C@H](C)CN[C@H]2CCC[C@H]2NC(=O)OC(C)(C)C)c1. The first-order chi connectivity index (χ1) is 12.3. The number of ether oxygens (including phenoxy) is 3. The Morgan fingerprint density at radius 3 is 2.62 bits per heavy atom. The number of amides is 1. The molecule has 6 heteroatoms. The molecule has 0 spiro atoms. The van der Waals surface area contributed by atoms with Crippen molar-refractivity contribution < 1.29 is 19.0 Å².